The molecule has 2 rings (SSSR count). The fraction of sp³-hybridized carbons (Fsp3) is 0.533. The lowest BCUT2D eigenvalue weighted by Crippen LogP contribution is -2.62. The number of nitrogens with two attached hydrogens (primary N) is 2. The number of urea groups is 1. The monoisotopic (exact) mass is 927 g/mol. The summed E-state index contributed by atoms with van der Waals surface area (Å²) in [6.07, 6.45) is 0.521. The molecule has 0 radical (unpaired) electrons. The number of nitrogens with one attached hydrogen (secondary N) is 5. The molecule has 2 aromatic rings. The van der Waals surface area contributed by atoms with E-state index >= 15 is 0 Å². The molecule has 8 amide bonds. The number of anilines is 1. The number of carbonyl (C=O) groups excluding carboxylic acids is 6. The summed E-state index contributed by atoms with van der Waals surface area (Å²) in [6.45, 7) is 17.4. The molecule has 65 heavy (non-hydrogen) atoms. The largest absolute Gasteiger partial charge is 0.465 e. The molecule has 20 heteroatoms. The van der Waals surface area contributed by atoms with Crippen LogP contribution in [0.2, 0.25) is 0 Å². The van der Waals surface area contributed by atoms with Crippen LogP contribution >= 0.6 is 0 Å². The van der Waals surface area contributed by atoms with Gasteiger partial charge in [-0.1, -0.05) is 98.7 Å². The fourth-order valence-electron chi connectivity index (χ4n) is 6.99. The number of hydrogen-bond donors (Lipinski definition) is 8. The van der Waals surface area contributed by atoms with Crippen molar-refractivity contribution >= 4 is 57.4 Å². The molecule has 19 nitrogen and oxygen atoms in total. The average molecular weight is 928 g/mol. The second kappa shape index (κ2) is 23.3. The first-order chi connectivity index (χ1) is 29.9. The Kier molecular flexibility index (Phi) is 19.7. The third-order valence-electron chi connectivity index (χ3n) is 11.1. The van der Waals surface area contributed by atoms with Gasteiger partial charge in [0.1, 0.15) is 18.1 Å². The van der Waals surface area contributed by atoms with Gasteiger partial charge in [-0.2, -0.15) is 0 Å². The zero-order chi connectivity index (χ0) is 49.8. The van der Waals surface area contributed by atoms with E-state index in [2.05, 4.69) is 21.3 Å². The maximum absolute atomic E-state index is 14.4. The normalized spacial score (nSPS) is 14.5. The summed E-state index contributed by atoms with van der Waals surface area (Å²) in [5.74, 6) is -3.90. The van der Waals surface area contributed by atoms with E-state index in [0.29, 0.717) is 5.56 Å². The molecule has 0 unspecified atom stereocenters. The number of likely N-dealkylation sites (N-methyl/N-ethyl adjacent to an activating group) is 2. The van der Waals surface area contributed by atoms with Crippen molar-refractivity contribution in [3.05, 3.63) is 71.8 Å². The van der Waals surface area contributed by atoms with Crippen LogP contribution in [-0.2, 0) is 39.4 Å². The topological polar surface area (TPSA) is 293 Å². The first kappa shape index (κ1) is 55.1. The van der Waals surface area contributed by atoms with Gasteiger partial charge in [-0.25, -0.2) is 22.7 Å². The highest BCUT2D eigenvalue weighted by Crippen LogP contribution is 2.32. The third-order valence-corrected chi connectivity index (χ3v) is 12.4. The molecular formula is C45H69N9O10S. The lowest BCUT2D eigenvalue weighted by atomic mass is 9.76. The Labute approximate surface area is 382 Å². The van der Waals surface area contributed by atoms with E-state index in [0.717, 1.165) is 4.90 Å². The Morgan fingerprint density at radius 2 is 1.37 bits per heavy atom. The van der Waals surface area contributed by atoms with Crippen LogP contribution in [-0.4, -0.2) is 116 Å². The fourth-order valence-corrected chi connectivity index (χ4v) is 8.01. The molecule has 2 aromatic carbocycles. The predicted molar refractivity (Wildman–Crippen MR) is 248 cm³/mol. The number of carboxylic acid groups (broad SMARTS) is 1. The van der Waals surface area contributed by atoms with E-state index in [9.17, 15) is 47.1 Å². The minimum Gasteiger partial charge on any atom is -0.465 e. The van der Waals surface area contributed by atoms with Gasteiger partial charge in [-0.3, -0.25) is 28.9 Å². The first-order valence-corrected chi connectivity index (χ1v) is 22.8. The van der Waals surface area contributed by atoms with Gasteiger partial charge in [0.15, 0.2) is 0 Å². The number of primary amides is 1. The molecule has 0 saturated carbocycles. The number of benzene rings is 2. The van der Waals surface area contributed by atoms with Gasteiger partial charge in [0.05, 0.1) is 17.0 Å². The highest BCUT2D eigenvalue weighted by Gasteiger charge is 2.45. The van der Waals surface area contributed by atoms with E-state index in [1.807, 2.05) is 4.72 Å². The molecule has 5 atom stereocenters. The second-order valence-corrected chi connectivity index (χ2v) is 20.1. The standard InChI is InChI=1S/C45H69N9O10S/c1-26(2)33(53(11)41(59)35(44(6,7)8)51-40(58)36(54(12)43(61)62)45(9,10)29-17-14-13-15-18-29)25-28(5)37(55)52-65(63,64)31-22-20-30(21-23-31)49-38(56)32(19-16-24-48-42(47)60)50-39(57)34(46)27(3)4/h13-15,17-18,20-23,25-27,32-36H,16,19,24,46H2,1-12H3,(H,49,56)(H,50,57)(H,51,58)(H,52,55)(H,61,62)(H3,47,48,60)/b28-25+/t32-,33+,34-,35+,36+/m0/s1. The zero-order valence-corrected chi connectivity index (χ0v) is 40.3. The van der Waals surface area contributed by atoms with Crippen LogP contribution in [0.3, 0.4) is 0 Å². The van der Waals surface area contributed by atoms with E-state index in [-0.39, 0.29) is 47.4 Å². The Balaban J connectivity index is 2.31. The molecule has 0 aliphatic carbocycles. The lowest BCUT2D eigenvalue weighted by Gasteiger charge is -2.41. The zero-order valence-electron chi connectivity index (χ0n) is 39.5. The summed E-state index contributed by atoms with van der Waals surface area (Å²) in [5, 5.41) is 20.5. The van der Waals surface area contributed by atoms with Crippen molar-refractivity contribution in [1.29, 1.82) is 0 Å². The van der Waals surface area contributed by atoms with E-state index in [1.165, 1.54) is 56.3 Å². The van der Waals surface area contributed by atoms with E-state index < -0.39 is 92.7 Å². The minimum absolute atomic E-state index is 0.0313. The molecule has 0 fully saturated rings. The van der Waals surface area contributed by atoms with Gasteiger partial charge in [0.2, 0.25) is 23.6 Å². The van der Waals surface area contributed by atoms with E-state index in [1.54, 1.807) is 92.6 Å². The number of carbonyl (C=O) groups is 7. The average Bonchev–Trinajstić information content (AvgIpc) is 3.21. The molecule has 0 saturated heterocycles. The quantitative estimate of drug-likeness (QED) is 0.0664. The van der Waals surface area contributed by atoms with Crippen molar-refractivity contribution in [2.75, 3.05) is 26.0 Å². The van der Waals surface area contributed by atoms with E-state index in [4.69, 9.17) is 11.5 Å². The van der Waals surface area contributed by atoms with Crippen LogP contribution < -0.4 is 37.5 Å². The van der Waals surface area contributed by atoms with Crippen LogP contribution in [0.15, 0.2) is 71.1 Å². The van der Waals surface area contributed by atoms with Gasteiger partial charge in [-0.05, 0) is 66.8 Å². The lowest BCUT2D eigenvalue weighted by molar-refractivity contribution is -0.141. The number of sulfonamides is 1. The Morgan fingerprint density at radius 3 is 1.86 bits per heavy atom. The molecule has 0 spiro atoms. The summed E-state index contributed by atoms with van der Waals surface area (Å²) < 4.78 is 28.8. The predicted octanol–water partition coefficient (Wildman–Crippen LogP) is 3.26. The van der Waals surface area contributed by atoms with Gasteiger partial charge >= 0.3 is 12.1 Å². The molecule has 0 bridgehead atoms. The summed E-state index contributed by atoms with van der Waals surface area (Å²) in [6, 6.07) is 8.05. The van der Waals surface area contributed by atoms with Crippen LogP contribution in [0.5, 0.6) is 0 Å². The van der Waals surface area contributed by atoms with Crippen LogP contribution in [0.25, 0.3) is 0 Å². The van der Waals surface area contributed by atoms with Gasteiger partial charge < -0.3 is 42.7 Å². The Hall–Kier alpha value is -6.02. The van der Waals surface area contributed by atoms with Crippen molar-refractivity contribution < 1.29 is 47.1 Å². The van der Waals surface area contributed by atoms with Gasteiger partial charge in [0.25, 0.3) is 15.9 Å². The summed E-state index contributed by atoms with van der Waals surface area (Å²) in [4.78, 5) is 93.3. The molecular weight excluding hydrogens is 859 g/mol. The second-order valence-electron chi connectivity index (χ2n) is 18.4. The highest BCUT2D eigenvalue weighted by molar-refractivity contribution is 7.90. The molecule has 0 heterocycles. The van der Waals surface area contributed by atoms with Crippen LogP contribution in [0, 0.1) is 17.3 Å². The van der Waals surface area contributed by atoms with Gasteiger partial charge in [0, 0.05) is 37.3 Å². The summed E-state index contributed by atoms with van der Waals surface area (Å²) in [7, 11) is -1.66. The third kappa shape index (κ3) is 15.6. The molecule has 0 aliphatic rings. The van der Waals surface area contributed by atoms with Crippen LogP contribution in [0.4, 0.5) is 15.3 Å². The number of hydrogen-bond acceptors (Lipinski definition) is 10. The first-order valence-electron chi connectivity index (χ1n) is 21.3. The maximum Gasteiger partial charge on any atom is 0.407 e. The van der Waals surface area contributed by atoms with Crippen molar-refractivity contribution in [2.45, 2.75) is 123 Å². The summed E-state index contributed by atoms with van der Waals surface area (Å²) in [5.41, 5.74) is 10.0. The number of amides is 8. The molecule has 10 N–H and O–H groups in total. The van der Waals surface area contributed by atoms with Crippen molar-refractivity contribution in [3.63, 3.8) is 0 Å². The van der Waals surface area contributed by atoms with Crippen molar-refractivity contribution in [1.82, 2.24) is 30.5 Å². The summed E-state index contributed by atoms with van der Waals surface area (Å²) >= 11 is 0. The number of nitrogens with zero attached hydrogens (tertiary/aromatic N) is 2. The molecule has 360 valence electrons. The number of rotatable bonds is 21. The highest BCUT2D eigenvalue weighted by atomic mass is 32.2. The SMILES string of the molecule is C/C(=C\[C@H](C(C)C)N(C)C(=O)[C@@H](NC(=O)[C@@H](N(C)C(=O)O)C(C)(C)c1ccccc1)C(C)(C)C)C(=O)NS(=O)(=O)c1ccc(NC(=O)[C@H](CCCNC(N)=O)NC(=O)[C@@H](N)C(C)C)cc1. The molecule has 0 aliphatic heterocycles. The van der Waals surface area contributed by atoms with Crippen molar-refractivity contribution in [2.24, 2.45) is 28.7 Å². The Morgan fingerprint density at radius 1 is 0.800 bits per heavy atom. The van der Waals surface area contributed by atoms with Crippen molar-refractivity contribution in [3.8, 4) is 0 Å². The smallest absolute Gasteiger partial charge is 0.407 e. The van der Waals surface area contributed by atoms with Crippen LogP contribution in [0.1, 0.15) is 87.6 Å². The maximum atomic E-state index is 14.4. The Bertz CT molecular complexity index is 2160. The minimum atomic E-state index is -4.46. The van der Waals surface area contributed by atoms with Gasteiger partial charge in [-0.15, -0.1) is 0 Å². The molecule has 0 aromatic heterocycles.